The normalized spacial score (nSPS) is 12.9. The van der Waals surface area contributed by atoms with Gasteiger partial charge < -0.3 is 14.8 Å². The molecule has 0 aliphatic carbocycles. The number of carbonyl (C=O) groups is 3. The van der Waals surface area contributed by atoms with Crippen molar-refractivity contribution in [1.82, 2.24) is 0 Å². The van der Waals surface area contributed by atoms with Crippen LogP contribution >= 0.6 is 0 Å². The number of nitrogens with one attached hydrogen (secondary N) is 1. The highest BCUT2D eigenvalue weighted by molar-refractivity contribution is 6.03. The molecule has 2 aromatic carbocycles. The molecule has 0 radical (unpaired) electrons. The minimum absolute atomic E-state index is 0.124. The molecule has 0 saturated carbocycles. The lowest BCUT2D eigenvalue weighted by molar-refractivity contribution is -0.158. The van der Waals surface area contributed by atoms with E-state index in [9.17, 15) is 18.8 Å². The lowest BCUT2D eigenvalue weighted by Crippen LogP contribution is -2.40. The second-order valence-corrected chi connectivity index (χ2v) is 6.66. The van der Waals surface area contributed by atoms with Gasteiger partial charge in [-0.3, -0.25) is 9.59 Å². The van der Waals surface area contributed by atoms with E-state index < -0.39 is 24.0 Å². The van der Waals surface area contributed by atoms with Gasteiger partial charge in [0.1, 0.15) is 11.6 Å². The van der Waals surface area contributed by atoms with Crippen molar-refractivity contribution in [2.45, 2.75) is 25.9 Å². The van der Waals surface area contributed by atoms with Gasteiger partial charge >= 0.3 is 5.97 Å². The molecule has 3 rings (SSSR count). The number of ketones is 1. The van der Waals surface area contributed by atoms with E-state index >= 15 is 0 Å². The number of hydrogen-bond acceptors (Lipinski definition) is 5. The van der Waals surface area contributed by atoms with Gasteiger partial charge in [0, 0.05) is 11.3 Å². The highest BCUT2D eigenvalue weighted by Crippen LogP contribution is 2.24. The van der Waals surface area contributed by atoms with Gasteiger partial charge in [0.25, 0.3) is 0 Å². The molecule has 0 unspecified atom stereocenters. The fourth-order valence-corrected chi connectivity index (χ4v) is 2.63. The van der Waals surface area contributed by atoms with Gasteiger partial charge in [-0.25, -0.2) is 9.18 Å². The van der Waals surface area contributed by atoms with Crippen LogP contribution in [0.3, 0.4) is 0 Å². The molecule has 0 saturated heterocycles. The van der Waals surface area contributed by atoms with Gasteiger partial charge in [-0.15, -0.1) is 0 Å². The number of hydrogen-bond donors (Lipinski definition) is 1. The Morgan fingerprint density at radius 2 is 1.85 bits per heavy atom. The largest absolute Gasteiger partial charge is 0.476 e. The smallest absolute Gasteiger partial charge is 0.350 e. The number of carbonyl (C=O) groups excluding carboxylic acids is 3. The Balaban J connectivity index is 1.59. The monoisotopic (exact) mass is 371 g/mol. The van der Waals surface area contributed by atoms with Crippen LogP contribution in [0, 0.1) is 5.82 Å². The van der Waals surface area contributed by atoms with Gasteiger partial charge in [-0.1, -0.05) is 0 Å². The molecule has 2 aromatic rings. The molecule has 27 heavy (non-hydrogen) atoms. The predicted octanol–water partition coefficient (Wildman–Crippen LogP) is 2.90. The average molecular weight is 371 g/mol. The van der Waals surface area contributed by atoms with Gasteiger partial charge in [0.15, 0.2) is 18.0 Å². The summed E-state index contributed by atoms with van der Waals surface area (Å²) in [4.78, 5) is 35.9. The third-order valence-electron chi connectivity index (χ3n) is 4.06. The topological polar surface area (TPSA) is 81.7 Å². The number of Topliss-reactive ketones (excluding diaryl/α,β-unsaturated/α-hetero) is 1. The minimum Gasteiger partial charge on any atom is -0.476 e. The Kier molecular flexibility index (Phi) is 4.94. The summed E-state index contributed by atoms with van der Waals surface area (Å²) in [7, 11) is 0. The summed E-state index contributed by atoms with van der Waals surface area (Å²) in [5, 5.41) is 2.68. The van der Waals surface area contributed by atoms with Crippen molar-refractivity contribution in [1.29, 1.82) is 0 Å². The standard InChI is InChI=1S/C20H18FNO5/c1-20(2,27-15-6-4-14(21)5-7-15)19(25)26-11-17(23)12-3-8-16-13(9-12)10-18(24)22-16/h3-9H,10-11H2,1-2H3,(H,22,24). The quantitative estimate of drug-likeness (QED) is 0.624. The molecular weight excluding hydrogens is 353 g/mol. The maximum absolute atomic E-state index is 12.9. The Morgan fingerprint density at radius 3 is 2.56 bits per heavy atom. The van der Waals surface area contributed by atoms with Crippen molar-refractivity contribution in [3.8, 4) is 5.75 Å². The molecule has 1 N–H and O–H groups in total. The predicted molar refractivity (Wildman–Crippen MR) is 95.2 cm³/mol. The lowest BCUT2D eigenvalue weighted by atomic mass is 10.1. The van der Waals surface area contributed by atoms with E-state index in [0.717, 1.165) is 5.56 Å². The molecule has 1 amide bonds. The second-order valence-electron chi connectivity index (χ2n) is 6.66. The first-order chi connectivity index (χ1) is 12.7. The van der Waals surface area contributed by atoms with Gasteiger partial charge in [-0.05, 0) is 61.9 Å². The molecule has 0 spiro atoms. The van der Waals surface area contributed by atoms with E-state index in [1.54, 1.807) is 18.2 Å². The van der Waals surface area contributed by atoms with Crippen molar-refractivity contribution in [2.24, 2.45) is 0 Å². The number of amides is 1. The fourth-order valence-electron chi connectivity index (χ4n) is 2.63. The van der Waals surface area contributed by atoms with E-state index in [4.69, 9.17) is 9.47 Å². The highest BCUT2D eigenvalue weighted by Gasteiger charge is 2.32. The van der Waals surface area contributed by atoms with Crippen molar-refractivity contribution < 1.29 is 28.2 Å². The summed E-state index contributed by atoms with van der Waals surface area (Å²) in [6, 6.07) is 10.1. The summed E-state index contributed by atoms with van der Waals surface area (Å²) >= 11 is 0. The van der Waals surface area contributed by atoms with Crippen LogP contribution in [0.15, 0.2) is 42.5 Å². The Hall–Kier alpha value is -3.22. The Labute approximate surface area is 155 Å². The van der Waals surface area contributed by atoms with Crippen LogP contribution < -0.4 is 10.1 Å². The molecule has 0 atom stereocenters. The van der Waals surface area contributed by atoms with Crippen molar-refractivity contribution in [3.05, 3.63) is 59.4 Å². The van der Waals surface area contributed by atoms with Gasteiger partial charge in [0.2, 0.25) is 5.91 Å². The van der Waals surface area contributed by atoms with Crippen molar-refractivity contribution in [3.63, 3.8) is 0 Å². The summed E-state index contributed by atoms with van der Waals surface area (Å²) in [5.74, 6) is -1.35. The second kappa shape index (κ2) is 7.19. The molecule has 7 heteroatoms. The molecule has 1 aliphatic rings. The van der Waals surface area contributed by atoms with E-state index in [2.05, 4.69) is 5.32 Å². The SMILES string of the molecule is CC(C)(Oc1ccc(F)cc1)C(=O)OCC(=O)c1ccc2c(c1)CC(=O)N2. The number of halogens is 1. The number of anilines is 1. The molecular formula is C20H18FNO5. The molecule has 140 valence electrons. The van der Waals surface area contributed by atoms with Gasteiger partial charge in [0.05, 0.1) is 6.42 Å². The molecule has 0 bridgehead atoms. The summed E-state index contributed by atoms with van der Waals surface area (Å²) in [6.07, 6.45) is 0.217. The maximum atomic E-state index is 12.9. The molecule has 1 aliphatic heterocycles. The summed E-state index contributed by atoms with van der Waals surface area (Å²) in [5.41, 5.74) is 0.418. The number of esters is 1. The summed E-state index contributed by atoms with van der Waals surface area (Å²) < 4.78 is 23.6. The Bertz CT molecular complexity index is 905. The lowest BCUT2D eigenvalue weighted by Gasteiger charge is -2.24. The van der Waals surface area contributed by atoms with Crippen LogP contribution in [-0.2, 0) is 20.7 Å². The van der Waals surface area contributed by atoms with Crippen LogP contribution in [0.25, 0.3) is 0 Å². The zero-order valence-electron chi connectivity index (χ0n) is 14.9. The van der Waals surface area contributed by atoms with E-state index in [1.807, 2.05) is 0 Å². The third kappa shape index (κ3) is 4.31. The van der Waals surface area contributed by atoms with Crippen LogP contribution in [0.2, 0.25) is 0 Å². The fraction of sp³-hybridized carbons (Fsp3) is 0.250. The van der Waals surface area contributed by atoms with Crippen LogP contribution in [0.5, 0.6) is 5.75 Å². The zero-order valence-corrected chi connectivity index (χ0v) is 14.9. The molecule has 1 heterocycles. The number of benzene rings is 2. The van der Waals surface area contributed by atoms with Gasteiger partial charge in [-0.2, -0.15) is 0 Å². The van der Waals surface area contributed by atoms with Crippen LogP contribution in [-0.4, -0.2) is 29.9 Å². The van der Waals surface area contributed by atoms with Crippen molar-refractivity contribution >= 4 is 23.3 Å². The van der Waals surface area contributed by atoms with E-state index in [0.29, 0.717) is 17.0 Å². The van der Waals surface area contributed by atoms with E-state index in [-0.39, 0.29) is 18.1 Å². The van der Waals surface area contributed by atoms with Crippen molar-refractivity contribution in [2.75, 3.05) is 11.9 Å². The highest BCUT2D eigenvalue weighted by atomic mass is 19.1. The molecule has 0 fully saturated rings. The van der Waals surface area contributed by atoms with E-state index in [1.165, 1.54) is 38.1 Å². The Morgan fingerprint density at radius 1 is 1.15 bits per heavy atom. The first kappa shape index (κ1) is 18.6. The number of rotatable bonds is 6. The summed E-state index contributed by atoms with van der Waals surface area (Å²) in [6.45, 7) is 2.54. The molecule has 6 nitrogen and oxygen atoms in total. The number of fused-ring (bicyclic) bond motifs is 1. The maximum Gasteiger partial charge on any atom is 0.350 e. The molecule has 0 aromatic heterocycles. The van der Waals surface area contributed by atoms with Crippen LogP contribution in [0.1, 0.15) is 29.8 Å². The average Bonchev–Trinajstić information content (AvgIpc) is 3.00. The van der Waals surface area contributed by atoms with Crippen LogP contribution in [0.4, 0.5) is 10.1 Å². The first-order valence-corrected chi connectivity index (χ1v) is 8.32. The minimum atomic E-state index is -1.35. The number of ether oxygens (including phenoxy) is 2. The zero-order chi connectivity index (χ0) is 19.6. The first-order valence-electron chi connectivity index (χ1n) is 8.32. The third-order valence-corrected chi connectivity index (χ3v) is 4.06.